The Morgan fingerprint density at radius 2 is 1.80 bits per heavy atom. The largest absolute Gasteiger partial charge is 0.481 e. The first kappa shape index (κ1) is 27.7. The van der Waals surface area contributed by atoms with Gasteiger partial charge >= 0.3 is 5.97 Å². The summed E-state index contributed by atoms with van der Waals surface area (Å²) in [4.78, 5) is 27.8. The van der Waals surface area contributed by atoms with Crippen LogP contribution < -0.4 is 0 Å². The lowest BCUT2D eigenvalue weighted by molar-refractivity contribution is -0.160. The number of halogens is 2. The quantitative estimate of drug-likeness (QED) is 0.397. The Morgan fingerprint density at radius 3 is 2.34 bits per heavy atom. The number of carbonyl (C=O) groups is 2. The van der Waals surface area contributed by atoms with Crippen LogP contribution in [-0.2, 0) is 20.4 Å². The van der Waals surface area contributed by atoms with E-state index in [1.54, 1.807) is 25.1 Å². The maximum atomic E-state index is 14.1. The monoisotopic (exact) mass is 537 g/mol. The molecule has 1 aliphatic heterocycles. The van der Waals surface area contributed by atoms with Crippen molar-refractivity contribution in [2.45, 2.75) is 70.2 Å². The van der Waals surface area contributed by atoms with Crippen LogP contribution in [0.5, 0.6) is 0 Å². The van der Waals surface area contributed by atoms with Crippen molar-refractivity contribution in [1.82, 2.24) is 4.90 Å². The SMILES string of the molecule is CC[C@@H](C[S@](=O)C(C)C)N1C(=O)[C@@](C)(CC(=O)O)CC(c2cccc(Cl)c2)[C@H]1c1ccc(Cl)cc1. The molecule has 0 radical (unpaired) electrons. The molecule has 0 aromatic heterocycles. The van der Waals surface area contributed by atoms with Gasteiger partial charge in [-0.2, -0.15) is 0 Å². The van der Waals surface area contributed by atoms with Gasteiger partial charge in [0.15, 0.2) is 0 Å². The minimum absolute atomic E-state index is 0.0490. The molecule has 1 N–H and O–H groups in total. The number of likely N-dealkylation sites (tertiary alicyclic amines) is 1. The highest BCUT2D eigenvalue weighted by molar-refractivity contribution is 7.85. The average Bonchev–Trinajstić information content (AvgIpc) is 2.79. The Labute approximate surface area is 220 Å². The summed E-state index contributed by atoms with van der Waals surface area (Å²) in [7, 11) is -1.14. The molecule has 190 valence electrons. The molecule has 5 nitrogen and oxygen atoms in total. The Kier molecular flexibility index (Phi) is 9.06. The van der Waals surface area contributed by atoms with Gasteiger partial charge in [0.2, 0.25) is 5.91 Å². The number of carboxylic acids is 1. The molecule has 5 atom stereocenters. The van der Waals surface area contributed by atoms with Gasteiger partial charge in [-0.15, -0.1) is 0 Å². The van der Waals surface area contributed by atoms with Crippen molar-refractivity contribution in [2.75, 3.05) is 5.75 Å². The first-order valence-corrected chi connectivity index (χ1v) is 14.0. The third kappa shape index (κ3) is 6.28. The minimum atomic E-state index is -1.14. The number of nitrogens with zero attached hydrogens (tertiary/aromatic N) is 1. The lowest BCUT2D eigenvalue weighted by atomic mass is 9.67. The zero-order chi connectivity index (χ0) is 25.9. The van der Waals surface area contributed by atoms with Crippen LogP contribution in [0.1, 0.15) is 70.0 Å². The van der Waals surface area contributed by atoms with Gasteiger partial charge in [0.1, 0.15) is 0 Å². The number of aliphatic carboxylic acids is 1. The van der Waals surface area contributed by atoms with E-state index in [0.29, 0.717) is 28.6 Å². The zero-order valence-corrected chi connectivity index (χ0v) is 22.9. The second-order valence-electron chi connectivity index (χ2n) is 9.86. The number of amides is 1. The summed E-state index contributed by atoms with van der Waals surface area (Å²) in [5.74, 6) is -1.12. The lowest BCUT2D eigenvalue weighted by Crippen LogP contribution is -2.57. The van der Waals surface area contributed by atoms with Gasteiger partial charge in [-0.3, -0.25) is 13.8 Å². The Balaban J connectivity index is 2.23. The normalized spacial score (nSPS) is 24.4. The van der Waals surface area contributed by atoms with Crippen molar-refractivity contribution in [3.8, 4) is 0 Å². The van der Waals surface area contributed by atoms with Gasteiger partial charge in [0.05, 0.1) is 17.9 Å². The lowest BCUT2D eigenvalue weighted by Gasteiger charge is -2.52. The summed E-state index contributed by atoms with van der Waals surface area (Å²) in [6.45, 7) is 7.52. The number of carboxylic acid groups (broad SMARTS) is 1. The third-order valence-electron chi connectivity index (χ3n) is 6.88. The van der Waals surface area contributed by atoms with Crippen LogP contribution in [0.25, 0.3) is 0 Å². The summed E-state index contributed by atoms with van der Waals surface area (Å²) in [5.41, 5.74) is 0.722. The Hall–Kier alpha value is -1.89. The van der Waals surface area contributed by atoms with Crippen LogP contribution in [0.15, 0.2) is 48.5 Å². The van der Waals surface area contributed by atoms with Crippen LogP contribution in [0.2, 0.25) is 10.0 Å². The predicted octanol–water partition coefficient (Wildman–Crippen LogP) is 6.47. The van der Waals surface area contributed by atoms with Crippen LogP contribution in [0.3, 0.4) is 0 Å². The number of carbonyl (C=O) groups excluding carboxylic acids is 1. The molecule has 1 heterocycles. The molecule has 0 saturated carbocycles. The number of piperidine rings is 1. The smallest absolute Gasteiger partial charge is 0.304 e. The van der Waals surface area contributed by atoms with Crippen LogP contribution in [0.4, 0.5) is 0 Å². The van der Waals surface area contributed by atoms with Crippen molar-refractivity contribution in [2.24, 2.45) is 5.41 Å². The van der Waals surface area contributed by atoms with Gasteiger partial charge < -0.3 is 10.0 Å². The molecule has 0 bridgehead atoms. The van der Waals surface area contributed by atoms with E-state index in [2.05, 4.69) is 0 Å². The molecule has 1 fully saturated rings. The summed E-state index contributed by atoms with van der Waals surface area (Å²) < 4.78 is 12.9. The zero-order valence-electron chi connectivity index (χ0n) is 20.5. The van der Waals surface area contributed by atoms with E-state index < -0.39 is 22.2 Å². The Morgan fingerprint density at radius 1 is 1.14 bits per heavy atom. The molecule has 1 aliphatic rings. The molecule has 1 unspecified atom stereocenters. The molecule has 3 rings (SSSR count). The molecule has 2 aromatic carbocycles. The van der Waals surface area contributed by atoms with Crippen molar-refractivity contribution in [1.29, 1.82) is 0 Å². The molecule has 8 heteroatoms. The highest BCUT2D eigenvalue weighted by Crippen LogP contribution is 2.52. The van der Waals surface area contributed by atoms with E-state index in [-0.39, 0.29) is 35.6 Å². The van der Waals surface area contributed by atoms with E-state index in [4.69, 9.17) is 23.2 Å². The summed E-state index contributed by atoms with van der Waals surface area (Å²) in [6.07, 6.45) is 0.669. The predicted molar refractivity (Wildman–Crippen MR) is 142 cm³/mol. The fraction of sp³-hybridized carbons (Fsp3) is 0.481. The number of hydrogen-bond donors (Lipinski definition) is 1. The number of hydrogen-bond acceptors (Lipinski definition) is 3. The summed E-state index contributed by atoms with van der Waals surface area (Å²) in [6, 6.07) is 14.3. The second-order valence-corrected chi connectivity index (χ2v) is 12.8. The maximum absolute atomic E-state index is 14.1. The van der Waals surface area contributed by atoms with Crippen molar-refractivity contribution >= 4 is 45.9 Å². The summed E-state index contributed by atoms with van der Waals surface area (Å²) >= 11 is 12.5. The van der Waals surface area contributed by atoms with Crippen molar-refractivity contribution in [3.63, 3.8) is 0 Å². The fourth-order valence-corrected chi connectivity index (χ4v) is 6.54. The van der Waals surface area contributed by atoms with Gasteiger partial charge in [0.25, 0.3) is 0 Å². The first-order chi connectivity index (χ1) is 16.5. The Bertz CT molecular complexity index is 1090. The van der Waals surface area contributed by atoms with E-state index in [0.717, 1.165) is 11.1 Å². The highest BCUT2D eigenvalue weighted by atomic mass is 35.5. The molecular weight excluding hydrogens is 505 g/mol. The van der Waals surface area contributed by atoms with E-state index in [1.165, 1.54) is 0 Å². The van der Waals surface area contributed by atoms with Crippen LogP contribution in [-0.4, -0.2) is 43.1 Å². The number of benzene rings is 2. The second kappa shape index (κ2) is 11.4. The molecule has 0 spiro atoms. The number of rotatable bonds is 9. The van der Waals surface area contributed by atoms with Gasteiger partial charge in [-0.25, -0.2) is 0 Å². The van der Waals surface area contributed by atoms with E-state index in [9.17, 15) is 18.9 Å². The van der Waals surface area contributed by atoms with E-state index in [1.807, 2.05) is 56.0 Å². The molecule has 2 aromatic rings. The van der Waals surface area contributed by atoms with Crippen LogP contribution in [0, 0.1) is 5.41 Å². The molecule has 0 aliphatic carbocycles. The first-order valence-electron chi connectivity index (χ1n) is 11.9. The molecule has 35 heavy (non-hydrogen) atoms. The fourth-order valence-electron chi connectivity index (χ4n) is 5.06. The van der Waals surface area contributed by atoms with Crippen molar-refractivity contribution < 1.29 is 18.9 Å². The maximum Gasteiger partial charge on any atom is 0.304 e. The standard InChI is InChI=1S/C27H33Cl2NO4S/c1-5-22(16-35(34)17(2)3)30-25(18-9-11-20(28)12-10-18)23(19-7-6-8-21(29)13-19)14-27(4,26(30)33)15-24(31)32/h6-13,17,22-23,25H,5,14-16H2,1-4H3,(H,31,32)/t22-,23?,25+,27+,35-/m0/s1. The topological polar surface area (TPSA) is 74.7 Å². The third-order valence-corrected chi connectivity index (χ3v) is 9.13. The van der Waals surface area contributed by atoms with Gasteiger partial charge in [-0.1, -0.05) is 75.2 Å². The molecule has 1 saturated heterocycles. The minimum Gasteiger partial charge on any atom is -0.481 e. The average molecular weight is 539 g/mol. The molecule has 1 amide bonds. The summed E-state index contributed by atoms with van der Waals surface area (Å²) in [5, 5.41) is 10.8. The highest BCUT2D eigenvalue weighted by Gasteiger charge is 2.52. The van der Waals surface area contributed by atoms with Crippen molar-refractivity contribution in [3.05, 3.63) is 69.7 Å². The van der Waals surface area contributed by atoms with Gasteiger partial charge in [0, 0.05) is 43.8 Å². The van der Waals surface area contributed by atoms with E-state index >= 15 is 0 Å². The van der Waals surface area contributed by atoms with Crippen LogP contribution >= 0.6 is 23.2 Å². The molecular formula is C27H33Cl2NO4S. The van der Waals surface area contributed by atoms with Gasteiger partial charge in [-0.05, 0) is 48.2 Å².